The Hall–Kier alpha value is -1.43. The van der Waals surface area contributed by atoms with Crippen molar-refractivity contribution in [1.82, 2.24) is 0 Å². The molecule has 0 aliphatic heterocycles. The van der Waals surface area contributed by atoms with Gasteiger partial charge in [-0.15, -0.1) is 0 Å². The summed E-state index contributed by atoms with van der Waals surface area (Å²) in [5, 5.41) is 19.9. The number of hydrogen-bond acceptors (Lipinski definition) is 5. The van der Waals surface area contributed by atoms with Crippen LogP contribution in [0.25, 0.3) is 0 Å². The van der Waals surface area contributed by atoms with Gasteiger partial charge < -0.3 is 14.9 Å². The minimum Gasteiger partial charge on any atom is -0.466 e. The van der Waals surface area contributed by atoms with Crippen LogP contribution in [0.3, 0.4) is 0 Å². The van der Waals surface area contributed by atoms with E-state index in [1.165, 1.54) is 18.2 Å². The molecular weight excluding hydrogens is 272 g/mol. The topological polar surface area (TPSA) is 83.8 Å². The quantitative estimate of drug-likeness (QED) is 0.611. The Kier molecular flexibility index (Phi) is 5.95. The van der Waals surface area contributed by atoms with Gasteiger partial charge in [0.1, 0.15) is 12.4 Å². The predicted octanol–water partition coefficient (Wildman–Crippen LogP) is 1.50. The number of benzene rings is 1. The SMILES string of the molecule is CCOC(=O)CC(O)C(O)c1cc(Cl)cc(C=O)c1. The van der Waals surface area contributed by atoms with Crippen molar-refractivity contribution >= 4 is 23.9 Å². The van der Waals surface area contributed by atoms with Gasteiger partial charge in [0, 0.05) is 10.6 Å². The highest BCUT2D eigenvalue weighted by Crippen LogP contribution is 2.23. The average molecular weight is 287 g/mol. The van der Waals surface area contributed by atoms with E-state index in [2.05, 4.69) is 4.74 Å². The fourth-order valence-electron chi connectivity index (χ4n) is 1.60. The molecular formula is C13H15ClO5. The monoisotopic (exact) mass is 286 g/mol. The molecule has 2 unspecified atom stereocenters. The number of carbonyl (C=O) groups excluding carboxylic acids is 2. The van der Waals surface area contributed by atoms with E-state index in [9.17, 15) is 19.8 Å². The molecule has 0 aliphatic carbocycles. The van der Waals surface area contributed by atoms with Crippen molar-refractivity contribution in [3.05, 3.63) is 34.3 Å². The van der Waals surface area contributed by atoms with E-state index in [1.54, 1.807) is 6.92 Å². The largest absolute Gasteiger partial charge is 0.466 e. The Labute approximate surface area is 115 Å². The van der Waals surface area contributed by atoms with Crippen LogP contribution in [-0.2, 0) is 9.53 Å². The van der Waals surface area contributed by atoms with Crippen LogP contribution in [0.15, 0.2) is 18.2 Å². The third-order valence-electron chi connectivity index (χ3n) is 2.47. The molecule has 0 spiro atoms. The summed E-state index contributed by atoms with van der Waals surface area (Å²) in [5.74, 6) is -0.605. The first-order valence-electron chi connectivity index (χ1n) is 5.75. The first kappa shape index (κ1) is 15.6. The molecule has 0 radical (unpaired) electrons. The van der Waals surface area contributed by atoms with Gasteiger partial charge in [-0.1, -0.05) is 11.6 Å². The fourth-order valence-corrected chi connectivity index (χ4v) is 1.85. The normalized spacial score (nSPS) is 13.7. The van der Waals surface area contributed by atoms with Gasteiger partial charge in [-0.3, -0.25) is 9.59 Å². The Balaban J connectivity index is 2.81. The number of aliphatic hydroxyl groups excluding tert-OH is 2. The molecule has 1 rings (SSSR count). The summed E-state index contributed by atoms with van der Waals surface area (Å²) in [6.45, 7) is 1.85. The van der Waals surface area contributed by atoms with Crippen molar-refractivity contribution in [1.29, 1.82) is 0 Å². The number of ether oxygens (including phenoxy) is 1. The number of aldehydes is 1. The molecule has 2 N–H and O–H groups in total. The highest BCUT2D eigenvalue weighted by Gasteiger charge is 2.22. The third kappa shape index (κ3) is 4.63. The number of rotatable bonds is 6. The Morgan fingerprint density at radius 1 is 1.42 bits per heavy atom. The van der Waals surface area contributed by atoms with E-state index >= 15 is 0 Å². The van der Waals surface area contributed by atoms with Crippen molar-refractivity contribution in [2.45, 2.75) is 25.6 Å². The van der Waals surface area contributed by atoms with Crippen molar-refractivity contribution in [2.75, 3.05) is 6.61 Å². The first-order valence-corrected chi connectivity index (χ1v) is 6.13. The van der Waals surface area contributed by atoms with Crippen LogP contribution in [0.5, 0.6) is 0 Å². The second-order valence-electron chi connectivity index (χ2n) is 3.96. The van der Waals surface area contributed by atoms with Crippen LogP contribution >= 0.6 is 11.6 Å². The molecule has 0 bridgehead atoms. The zero-order valence-corrected chi connectivity index (χ0v) is 11.1. The smallest absolute Gasteiger partial charge is 0.308 e. The highest BCUT2D eigenvalue weighted by atomic mass is 35.5. The number of esters is 1. The summed E-state index contributed by atoms with van der Waals surface area (Å²) in [7, 11) is 0. The maximum absolute atomic E-state index is 11.2. The molecule has 5 nitrogen and oxygen atoms in total. The predicted molar refractivity (Wildman–Crippen MR) is 69.1 cm³/mol. The van der Waals surface area contributed by atoms with Gasteiger partial charge in [0.25, 0.3) is 0 Å². The summed E-state index contributed by atoms with van der Waals surface area (Å²) in [6.07, 6.45) is -2.39. The van der Waals surface area contributed by atoms with E-state index in [0.717, 1.165) is 0 Å². The van der Waals surface area contributed by atoms with Gasteiger partial charge in [0.05, 0.1) is 19.1 Å². The van der Waals surface area contributed by atoms with E-state index in [0.29, 0.717) is 6.29 Å². The lowest BCUT2D eigenvalue weighted by Crippen LogP contribution is -2.23. The summed E-state index contributed by atoms with van der Waals surface area (Å²) >= 11 is 5.79. The van der Waals surface area contributed by atoms with Gasteiger partial charge in [-0.25, -0.2) is 0 Å². The Bertz CT molecular complexity index is 460. The lowest BCUT2D eigenvalue weighted by atomic mass is 10.0. The lowest BCUT2D eigenvalue weighted by Gasteiger charge is -2.18. The summed E-state index contributed by atoms with van der Waals surface area (Å²) in [5.41, 5.74) is 0.552. The molecule has 6 heteroatoms. The second-order valence-corrected chi connectivity index (χ2v) is 4.39. The van der Waals surface area contributed by atoms with E-state index in [1.807, 2.05) is 0 Å². The van der Waals surface area contributed by atoms with Crippen molar-refractivity contribution in [2.24, 2.45) is 0 Å². The maximum atomic E-state index is 11.2. The molecule has 0 saturated heterocycles. The zero-order valence-electron chi connectivity index (χ0n) is 10.4. The minimum atomic E-state index is -1.32. The standard InChI is InChI=1S/C13H15ClO5/c1-2-19-12(17)6-11(16)13(18)9-3-8(7-15)4-10(14)5-9/h3-5,7,11,13,16,18H,2,6H2,1H3. The Morgan fingerprint density at radius 2 is 2.11 bits per heavy atom. The fraction of sp³-hybridized carbons (Fsp3) is 0.385. The number of hydrogen-bond donors (Lipinski definition) is 2. The molecule has 0 amide bonds. The number of halogens is 1. The van der Waals surface area contributed by atoms with Crippen LogP contribution < -0.4 is 0 Å². The van der Waals surface area contributed by atoms with Crippen LogP contribution in [0.4, 0.5) is 0 Å². The highest BCUT2D eigenvalue weighted by molar-refractivity contribution is 6.30. The van der Waals surface area contributed by atoms with Crippen LogP contribution in [0, 0.1) is 0 Å². The molecule has 0 aromatic heterocycles. The van der Waals surface area contributed by atoms with Gasteiger partial charge >= 0.3 is 5.97 Å². The molecule has 0 aliphatic rings. The van der Waals surface area contributed by atoms with Gasteiger partial charge in [0.15, 0.2) is 0 Å². The minimum absolute atomic E-state index is 0.202. The maximum Gasteiger partial charge on any atom is 0.308 e. The van der Waals surface area contributed by atoms with Crippen LogP contribution in [0.2, 0.25) is 5.02 Å². The first-order chi connectivity index (χ1) is 8.97. The average Bonchev–Trinajstić information content (AvgIpc) is 2.37. The third-order valence-corrected chi connectivity index (χ3v) is 2.68. The van der Waals surface area contributed by atoms with Crippen molar-refractivity contribution in [3.8, 4) is 0 Å². The van der Waals surface area contributed by atoms with Crippen molar-refractivity contribution in [3.63, 3.8) is 0 Å². The molecule has 1 aromatic carbocycles. The summed E-state index contributed by atoms with van der Waals surface area (Å²) in [4.78, 5) is 21.9. The molecule has 0 heterocycles. The molecule has 2 atom stereocenters. The number of aliphatic hydroxyl groups is 2. The van der Waals surface area contributed by atoms with Crippen LogP contribution in [0.1, 0.15) is 35.4 Å². The Morgan fingerprint density at radius 3 is 2.68 bits per heavy atom. The lowest BCUT2D eigenvalue weighted by molar-refractivity contribution is -0.147. The van der Waals surface area contributed by atoms with E-state index in [-0.39, 0.29) is 29.2 Å². The summed E-state index contributed by atoms with van der Waals surface area (Å²) < 4.78 is 4.67. The van der Waals surface area contributed by atoms with Crippen molar-refractivity contribution < 1.29 is 24.5 Å². The molecule has 1 aromatic rings. The molecule has 104 valence electrons. The molecule has 0 fully saturated rings. The molecule has 19 heavy (non-hydrogen) atoms. The van der Waals surface area contributed by atoms with Gasteiger partial charge in [-0.2, -0.15) is 0 Å². The summed E-state index contributed by atoms with van der Waals surface area (Å²) in [6, 6.07) is 4.26. The van der Waals surface area contributed by atoms with E-state index < -0.39 is 18.2 Å². The zero-order chi connectivity index (χ0) is 14.4. The van der Waals surface area contributed by atoms with Crippen LogP contribution in [-0.4, -0.2) is 35.2 Å². The number of carbonyl (C=O) groups is 2. The molecule has 0 saturated carbocycles. The second kappa shape index (κ2) is 7.23. The van der Waals surface area contributed by atoms with E-state index in [4.69, 9.17) is 11.6 Å². The van der Waals surface area contributed by atoms with Gasteiger partial charge in [0.2, 0.25) is 0 Å². The van der Waals surface area contributed by atoms with Gasteiger partial charge in [-0.05, 0) is 30.7 Å².